The Labute approximate surface area is 53.8 Å². The van der Waals surface area contributed by atoms with Gasteiger partial charge in [0, 0.05) is 0 Å². The van der Waals surface area contributed by atoms with Crippen molar-refractivity contribution < 1.29 is 0 Å². The van der Waals surface area contributed by atoms with Gasteiger partial charge in [-0.3, -0.25) is 0 Å². The molecule has 1 N–H and O–H groups in total. The molecule has 0 aromatic carbocycles. The number of nitrogens with zero attached hydrogens (tertiary/aromatic N) is 2. The van der Waals surface area contributed by atoms with Gasteiger partial charge in [0.1, 0.15) is 0 Å². The molecule has 0 saturated carbocycles. The molecule has 0 fully saturated rings. The van der Waals surface area contributed by atoms with Gasteiger partial charge in [0.05, 0.1) is 0 Å². The normalized spacial score (nSPS) is 1.33. The van der Waals surface area contributed by atoms with Crippen molar-refractivity contribution in [1.29, 1.82) is 5.53 Å². The number of hydrogen-bond acceptors (Lipinski definition) is 1. The highest BCUT2D eigenvalue weighted by Gasteiger charge is 0.973. The van der Waals surface area contributed by atoms with E-state index in [0.717, 1.165) is 0 Å². The fourth-order valence-corrected chi connectivity index (χ4v) is 0. The minimum absolute atomic E-state index is 0. The Morgan fingerprint density at radius 2 is 1.17 bits per heavy atom. The number of nitrogens with one attached hydrogen (secondary N) is 1. The molecular formula is H4Cl3N3. The van der Waals surface area contributed by atoms with Gasteiger partial charge in [-0.05, 0) is 10.4 Å². The summed E-state index contributed by atoms with van der Waals surface area (Å²) in [7, 11) is 0. The average molecular weight is 152 g/mol. The highest BCUT2D eigenvalue weighted by atomic mass is 35.5. The summed E-state index contributed by atoms with van der Waals surface area (Å²) < 4.78 is 0. The third kappa shape index (κ3) is 1300. The molecule has 0 radical (unpaired) electrons. The lowest BCUT2D eigenvalue weighted by Crippen LogP contribution is -0.769. The number of rotatable bonds is 0. The van der Waals surface area contributed by atoms with Gasteiger partial charge in [0.2, 0.25) is 0 Å². The lowest BCUT2D eigenvalue weighted by Gasteiger charge is -1.03. The Hall–Kier alpha value is 0.180. The Kier molecular flexibility index (Phi) is 378. The Bertz CT molecular complexity index is 27.0. The van der Waals surface area contributed by atoms with Crippen LogP contribution in [0.15, 0.2) is 0 Å². The molecule has 0 rings (SSSR count). The Balaban J connectivity index is -0.00000000667. The van der Waals surface area contributed by atoms with Crippen LogP contribution in [0.25, 0.3) is 10.4 Å². The summed E-state index contributed by atoms with van der Waals surface area (Å²) in [6.07, 6.45) is 0. The van der Waals surface area contributed by atoms with E-state index in [4.69, 9.17) is 11.1 Å². The van der Waals surface area contributed by atoms with Gasteiger partial charge in [0.15, 0.2) is 0 Å². The molecular weight excluding hydrogens is 148 g/mol. The summed E-state index contributed by atoms with van der Waals surface area (Å²) in [5.41, 5.74) is 12.2. The first-order valence-corrected chi connectivity index (χ1v) is 0.424. The van der Waals surface area contributed by atoms with Crippen LogP contribution in [-0.2, 0) is 0 Å². The quantitative estimate of drug-likeness (QED) is 0.314. The molecule has 6 heteroatoms. The maximum absolute atomic E-state index is 6.86. The first-order chi connectivity index (χ1) is 1.41. The minimum atomic E-state index is 0. The smallest absolute Gasteiger partial charge is 0.00208 e. The second-order valence-electron chi connectivity index (χ2n) is 0.100. The second-order valence-corrected chi connectivity index (χ2v) is 0.100. The summed E-state index contributed by atoms with van der Waals surface area (Å²) in [5.74, 6) is 0. The van der Waals surface area contributed by atoms with E-state index < -0.39 is 0 Å². The van der Waals surface area contributed by atoms with Gasteiger partial charge >= 0.3 is 0 Å². The van der Waals surface area contributed by atoms with Crippen molar-refractivity contribution in [2.45, 2.75) is 0 Å². The highest BCUT2D eigenvalue weighted by Crippen LogP contribution is 1.24. The van der Waals surface area contributed by atoms with Crippen molar-refractivity contribution in [2.24, 2.45) is 0 Å². The van der Waals surface area contributed by atoms with Crippen LogP contribution in [0.1, 0.15) is 0 Å². The zero-order valence-corrected chi connectivity index (χ0v) is 5.07. The monoisotopic (exact) mass is 151 g/mol. The minimum Gasteiger partial charge on any atom is -0.147 e. The maximum atomic E-state index is 6.86. The van der Waals surface area contributed by atoms with Gasteiger partial charge in [-0.15, -0.1) is 42.8 Å². The fraction of sp³-hybridized carbons (Fsp3) is 0. The van der Waals surface area contributed by atoms with Gasteiger partial charge in [-0.25, -0.2) is 0 Å². The number of halogens is 3. The van der Waals surface area contributed by atoms with E-state index in [2.05, 4.69) is 0 Å². The number of hydrogen-bond donors (Lipinski definition) is 1. The summed E-state index contributed by atoms with van der Waals surface area (Å²) in [6.45, 7) is 0. The lowest BCUT2D eigenvalue weighted by molar-refractivity contribution is 1.45. The zero-order valence-electron chi connectivity index (χ0n) is 2.62. The molecule has 3 nitrogen and oxygen atoms in total. The largest absolute Gasteiger partial charge is 0.147 e. The topological polar surface area (TPSA) is 60.3 Å². The first kappa shape index (κ1) is 34.9. The van der Waals surface area contributed by atoms with E-state index in [9.17, 15) is 0 Å². The maximum Gasteiger partial charge on any atom is -0.00208 e. The van der Waals surface area contributed by atoms with Crippen LogP contribution in [0.2, 0.25) is 0 Å². The van der Waals surface area contributed by atoms with Crippen LogP contribution in [0.3, 0.4) is 0 Å². The van der Waals surface area contributed by atoms with Crippen molar-refractivity contribution in [2.75, 3.05) is 0 Å². The van der Waals surface area contributed by atoms with E-state index >= 15 is 0 Å². The highest BCUT2D eigenvalue weighted by molar-refractivity contribution is 5.86. The van der Waals surface area contributed by atoms with E-state index in [0.29, 0.717) is 0 Å². The van der Waals surface area contributed by atoms with E-state index in [1.54, 1.807) is 4.91 Å². The predicted molar refractivity (Wildman–Crippen MR) is 31.2 cm³/mol. The summed E-state index contributed by atoms with van der Waals surface area (Å²) in [4.78, 5) is 1.75. The first-order valence-electron chi connectivity index (χ1n) is 0.424. The molecule has 0 atom stereocenters. The third-order valence-electron chi connectivity index (χ3n) is 0. The van der Waals surface area contributed by atoms with Crippen LogP contribution in [-0.4, -0.2) is 0 Å². The van der Waals surface area contributed by atoms with Crippen LogP contribution in [0, 0.1) is 5.53 Å². The predicted octanol–water partition coefficient (Wildman–Crippen LogP) is 2.14. The SMILES string of the molecule is Cl.Cl.Cl.[N-]=[N+]=N. The van der Waals surface area contributed by atoms with Crippen LogP contribution in [0.5, 0.6) is 0 Å². The third-order valence-corrected chi connectivity index (χ3v) is 0. The lowest BCUT2D eigenvalue weighted by atomic mass is 13.0. The van der Waals surface area contributed by atoms with Crippen LogP contribution >= 0.6 is 37.2 Å². The van der Waals surface area contributed by atoms with Crippen molar-refractivity contribution >= 4 is 37.2 Å². The van der Waals surface area contributed by atoms with E-state index in [1.807, 2.05) is 0 Å². The molecule has 40 valence electrons. The summed E-state index contributed by atoms with van der Waals surface area (Å²) in [5, 5.41) is 0. The molecule has 0 aliphatic carbocycles. The zero-order chi connectivity index (χ0) is 2.71. The van der Waals surface area contributed by atoms with Gasteiger partial charge in [-0.2, -0.15) is 0 Å². The van der Waals surface area contributed by atoms with Crippen molar-refractivity contribution in [3.63, 3.8) is 0 Å². The van der Waals surface area contributed by atoms with Crippen LogP contribution < -0.4 is 0 Å². The molecule has 6 heavy (non-hydrogen) atoms. The molecule has 0 aliphatic heterocycles. The molecule has 0 aromatic rings. The molecule has 0 saturated heterocycles. The molecule has 0 aromatic heterocycles. The molecule has 0 aliphatic rings. The summed E-state index contributed by atoms with van der Waals surface area (Å²) >= 11 is 0. The van der Waals surface area contributed by atoms with Crippen molar-refractivity contribution in [3.05, 3.63) is 10.4 Å². The Morgan fingerprint density at radius 1 is 1.17 bits per heavy atom. The fourth-order valence-electron chi connectivity index (χ4n) is 0. The van der Waals surface area contributed by atoms with Gasteiger partial charge in [0.25, 0.3) is 0 Å². The van der Waals surface area contributed by atoms with E-state index in [-0.39, 0.29) is 37.2 Å². The standard InChI is InChI=1S/3ClH.HN3/c;;;1-3-2/h3*1H;1H. The molecule has 0 bridgehead atoms. The molecule has 0 heterocycles. The van der Waals surface area contributed by atoms with E-state index in [1.165, 1.54) is 0 Å². The van der Waals surface area contributed by atoms with Crippen molar-refractivity contribution in [3.8, 4) is 0 Å². The van der Waals surface area contributed by atoms with Gasteiger partial charge in [-0.1, -0.05) is 0 Å². The second kappa shape index (κ2) is 65.0. The summed E-state index contributed by atoms with van der Waals surface area (Å²) in [6, 6.07) is 0. The van der Waals surface area contributed by atoms with Crippen LogP contribution in [0.4, 0.5) is 0 Å². The average Bonchev–Trinajstić information content (AvgIpc) is 0.918. The van der Waals surface area contributed by atoms with Crippen molar-refractivity contribution in [1.82, 2.24) is 0 Å². The van der Waals surface area contributed by atoms with Gasteiger partial charge < -0.3 is 0 Å². The molecule has 0 spiro atoms. The Morgan fingerprint density at radius 3 is 1.17 bits per heavy atom. The molecule has 0 unspecified atom stereocenters. The molecule has 0 amide bonds.